The molecule has 1 fully saturated rings. The Morgan fingerprint density at radius 1 is 1.25 bits per heavy atom. The van der Waals surface area contributed by atoms with E-state index in [0.29, 0.717) is 24.3 Å². The molecule has 1 aliphatic rings. The number of aromatic amines is 1. The molecule has 0 aliphatic carbocycles. The fraction of sp³-hybridized carbons (Fsp3) is 0.500. The Hall–Kier alpha value is -2.48. The van der Waals surface area contributed by atoms with E-state index < -0.39 is 21.7 Å². The van der Waals surface area contributed by atoms with Crippen LogP contribution in [0.3, 0.4) is 0 Å². The van der Waals surface area contributed by atoms with Crippen LogP contribution in [0.4, 0.5) is 11.4 Å². The van der Waals surface area contributed by atoms with Gasteiger partial charge >= 0.3 is 0 Å². The zero-order chi connectivity index (χ0) is 17.7. The average Bonchev–Trinajstić information content (AvgIpc) is 2.43. The molecule has 24 heavy (non-hydrogen) atoms. The quantitative estimate of drug-likeness (QED) is 0.668. The third-order valence-corrected chi connectivity index (χ3v) is 3.97. The third kappa shape index (κ3) is 2.96. The maximum absolute atomic E-state index is 11.9. The van der Waals surface area contributed by atoms with Crippen LogP contribution in [0.25, 0.3) is 10.9 Å². The van der Waals surface area contributed by atoms with E-state index in [-0.39, 0.29) is 11.1 Å². The summed E-state index contributed by atoms with van der Waals surface area (Å²) in [6.45, 7) is 8.83. The van der Waals surface area contributed by atoms with Crippen molar-refractivity contribution in [3.8, 4) is 0 Å². The highest BCUT2D eigenvalue weighted by Crippen LogP contribution is 2.37. The van der Waals surface area contributed by atoms with E-state index in [0.717, 1.165) is 0 Å². The SMILES string of the molecule is CC1(C)CN(c2cc3nc[nH]c(=O)c3cc2[N+](=O)[O-])CC(C)(C)O1. The van der Waals surface area contributed by atoms with E-state index in [1.165, 1.54) is 12.4 Å². The molecule has 0 atom stereocenters. The summed E-state index contributed by atoms with van der Waals surface area (Å²) >= 11 is 0. The standard InChI is InChI=1S/C16H20N4O4/c1-15(2)7-19(8-16(3,4)24-15)12-6-11-10(5-13(12)20(22)23)14(21)18-9-17-11/h5-6,9H,7-8H2,1-4H3,(H,17,18,21). The van der Waals surface area contributed by atoms with Crippen molar-refractivity contribution in [1.82, 2.24) is 9.97 Å². The summed E-state index contributed by atoms with van der Waals surface area (Å²) in [5, 5.41) is 11.8. The molecule has 2 aromatic rings. The fourth-order valence-corrected chi connectivity index (χ4v) is 3.45. The first kappa shape index (κ1) is 16.4. The topological polar surface area (TPSA) is 101 Å². The number of morpholine rings is 1. The van der Waals surface area contributed by atoms with Gasteiger partial charge in [0, 0.05) is 19.2 Å². The summed E-state index contributed by atoms with van der Waals surface area (Å²) in [6.07, 6.45) is 1.30. The van der Waals surface area contributed by atoms with E-state index in [2.05, 4.69) is 9.97 Å². The van der Waals surface area contributed by atoms with Crippen LogP contribution in [0.2, 0.25) is 0 Å². The Labute approximate surface area is 138 Å². The molecule has 0 saturated carbocycles. The molecule has 1 N–H and O–H groups in total. The molecule has 1 aliphatic heterocycles. The maximum Gasteiger partial charge on any atom is 0.293 e. The van der Waals surface area contributed by atoms with Gasteiger partial charge in [-0.25, -0.2) is 4.98 Å². The van der Waals surface area contributed by atoms with Gasteiger partial charge in [-0.3, -0.25) is 14.9 Å². The van der Waals surface area contributed by atoms with Gasteiger partial charge in [0.15, 0.2) is 0 Å². The lowest BCUT2D eigenvalue weighted by atomic mass is 9.98. The van der Waals surface area contributed by atoms with Gasteiger partial charge in [-0.15, -0.1) is 0 Å². The number of ether oxygens (including phenoxy) is 1. The van der Waals surface area contributed by atoms with Crippen molar-refractivity contribution < 1.29 is 9.66 Å². The van der Waals surface area contributed by atoms with E-state index in [1.807, 2.05) is 32.6 Å². The molecular formula is C16H20N4O4. The van der Waals surface area contributed by atoms with Crippen molar-refractivity contribution in [2.75, 3.05) is 18.0 Å². The minimum Gasteiger partial charge on any atom is -0.366 e. The largest absolute Gasteiger partial charge is 0.366 e. The minimum atomic E-state index is -0.462. The lowest BCUT2D eigenvalue weighted by molar-refractivity contribution is -0.384. The average molecular weight is 332 g/mol. The van der Waals surface area contributed by atoms with Crippen LogP contribution in [-0.2, 0) is 4.74 Å². The second kappa shape index (κ2) is 5.27. The predicted octanol–water partition coefficient (Wildman–Crippen LogP) is 2.23. The summed E-state index contributed by atoms with van der Waals surface area (Å²) < 4.78 is 6.04. The van der Waals surface area contributed by atoms with Crippen molar-refractivity contribution >= 4 is 22.3 Å². The van der Waals surface area contributed by atoms with Crippen LogP contribution in [-0.4, -0.2) is 39.2 Å². The summed E-state index contributed by atoms with van der Waals surface area (Å²) in [6, 6.07) is 2.91. The number of rotatable bonds is 2. The van der Waals surface area contributed by atoms with Crippen LogP contribution >= 0.6 is 0 Å². The number of nitro benzene ring substituents is 1. The molecule has 1 aromatic carbocycles. The second-order valence-corrected chi connectivity index (χ2v) is 7.32. The van der Waals surface area contributed by atoms with Crippen molar-refractivity contribution in [3.05, 3.63) is 38.9 Å². The molecule has 0 bridgehead atoms. The van der Waals surface area contributed by atoms with Crippen molar-refractivity contribution in [2.24, 2.45) is 0 Å². The van der Waals surface area contributed by atoms with Crippen LogP contribution in [0.5, 0.6) is 0 Å². The summed E-state index contributed by atoms with van der Waals surface area (Å²) in [4.78, 5) is 31.5. The summed E-state index contributed by atoms with van der Waals surface area (Å²) in [5.41, 5.74) is -0.512. The molecule has 128 valence electrons. The lowest BCUT2D eigenvalue weighted by Crippen LogP contribution is -2.57. The number of anilines is 1. The molecule has 0 spiro atoms. The normalized spacial score (nSPS) is 19.4. The highest BCUT2D eigenvalue weighted by atomic mass is 16.6. The molecular weight excluding hydrogens is 312 g/mol. The molecule has 1 saturated heterocycles. The fourth-order valence-electron chi connectivity index (χ4n) is 3.45. The molecule has 8 heteroatoms. The molecule has 3 rings (SSSR count). The highest BCUT2D eigenvalue weighted by Gasteiger charge is 2.40. The zero-order valence-corrected chi connectivity index (χ0v) is 14.1. The van der Waals surface area contributed by atoms with Crippen molar-refractivity contribution in [1.29, 1.82) is 0 Å². The van der Waals surface area contributed by atoms with E-state index in [1.54, 1.807) is 6.07 Å². The first-order chi connectivity index (χ1) is 11.1. The van der Waals surface area contributed by atoms with Crippen molar-refractivity contribution in [2.45, 2.75) is 38.9 Å². The number of hydrogen-bond donors (Lipinski definition) is 1. The molecule has 0 unspecified atom stereocenters. The summed E-state index contributed by atoms with van der Waals surface area (Å²) in [7, 11) is 0. The Bertz CT molecular complexity index is 856. The van der Waals surface area contributed by atoms with Gasteiger partial charge in [-0.2, -0.15) is 0 Å². The van der Waals surface area contributed by atoms with E-state index in [9.17, 15) is 14.9 Å². The highest BCUT2D eigenvalue weighted by molar-refractivity contribution is 5.87. The first-order valence-corrected chi connectivity index (χ1v) is 7.69. The number of H-pyrrole nitrogens is 1. The van der Waals surface area contributed by atoms with Crippen LogP contribution in [0.1, 0.15) is 27.7 Å². The number of nitrogens with zero attached hydrogens (tertiary/aromatic N) is 3. The summed E-state index contributed by atoms with van der Waals surface area (Å²) in [5.74, 6) is 0. The van der Waals surface area contributed by atoms with Gasteiger partial charge in [0.2, 0.25) is 0 Å². The lowest BCUT2D eigenvalue weighted by Gasteiger charge is -2.47. The van der Waals surface area contributed by atoms with Gasteiger partial charge in [0.25, 0.3) is 11.2 Å². The monoisotopic (exact) mass is 332 g/mol. The van der Waals surface area contributed by atoms with Gasteiger partial charge in [-0.05, 0) is 33.8 Å². The Balaban J connectivity index is 2.19. The van der Waals surface area contributed by atoms with Gasteiger partial charge in [0.1, 0.15) is 5.69 Å². The maximum atomic E-state index is 11.9. The molecule has 2 heterocycles. The minimum absolute atomic E-state index is 0.102. The Morgan fingerprint density at radius 2 is 1.88 bits per heavy atom. The van der Waals surface area contributed by atoms with Gasteiger partial charge in [0.05, 0.1) is 33.4 Å². The van der Waals surface area contributed by atoms with Crippen LogP contribution < -0.4 is 10.5 Å². The number of fused-ring (bicyclic) bond motifs is 1. The molecule has 0 amide bonds. The smallest absolute Gasteiger partial charge is 0.293 e. The Morgan fingerprint density at radius 3 is 2.46 bits per heavy atom. The van der Waals surface area contributed by atoms with Gasteiger partial charge in [-0.1, -0.05) is 0 Å². The van der Waals surface area contributed by atoms with Gasteiger partial charge < -0.3 is 14.6 Å². The second-order valence-electron chi connectivity index (χ2n) is 7.32. The Kier molecular flexibility index (Phi) is 3.60. The van der Waals surface area contributed by atoms with Crippen molar-refractivity contribution in [3.63, 3.8) is 0 Å². The number of nitro groups is 1. The van der Waals surface area contributed by atoms with Crippen LogP contribution in [0, 0.1) is 10.1 Å². The molecule has 0 radical (unpaired) electrons. The van der Waals surface area contributed by atoms with Crippen LogP contribution in [0.15, 0.2) is 23.3 Å². The third-order valence-electron chi connectivity index (χ3n) is 3.97. The number of hydrogen-bond acceptors (Lipinski definition) is 6. The van der Waals surface area contributed by atoms with E-state index in [4.69, 9.17) is 4.74 Å². The number of nitrogens with one attached hydrogen (secondary N) is 1. The zero-order valence-electron chi connectivity index (χ0n) is 14.1. The van der Waals surface area contributed by atoms with E-state index >= 15 is 0 Å². The molecule has 8 nitrogen and oxygen atoms in total. The number of benzene rings is 1. The predicted molar refractivity (Wildman–Crippen MR) is 90.5 cm³/mol. The molecule has 1 aromatic heterocycles. The first-order valence-electron chi connectivity index (χ1n) is 7.69. The number of aromatic nitrogens is 2.